The molecule has 0 aliphatic carbocycles. The molecule has 1 aliphatic heterocycles. The highest BCUT2D eigenvalue weighted by molar-refractivity contribution is 5.77. The fraction of sp³-hybridized carbons (Fsp3) is 0.526. The molecule has 1 aromatic carbocycles. The molecule has 1 unspecified atom stereocenters. The first kappa shape index (κ1) is 20.9. The van der Waals surface area contributed by atoms with E-state index in [4.69, 9.17) is 9.47 Å². The van der Waals surface area contributed by atoms with E-state index in [0.717, 1.165) is 5.56 Å². The minimum atomic E-state index is -0.352. The van der Waals surface area contributed by atoms with Crippen molar-refractivity contribution in [3.05, 3.63) is 35.9 Å². The summed E-state index contributed by atoms with van der Waals surface area (Å²) in [6.07, 6.45) is 0.298. The van der Waals surface area contributed by atoms with E-state index in [1.54, 1.807) is 4.90 Å². The van der Waals surface area contributed by atoms with Gasteiger partial charge in [-0.1, -0.05) is 30.3 Å². The molecule has 1 heterocycles. The number of benzene rings is 1. The van der Waals surface area contributed by atoms with Crippen molar-refractivity contribution >= 4 is 17.8 Å². The Labute approximate surface area is 159 Å². The van der Waals surface area contributed by atoms with Crippen LogP contribution in [0.1, 0.15) is 18.9 Å². The second-order valence-corrected chi connectivity index (χ2v) is 6.37. The Morgan fingerprint density at radius 1 is 1.22 bits per heavy atom. The highest BCUT2D eigenvalue weighted by atomic mass is 16.5. The van der Waals surface area contributed by atoms with Crippen molar-refractivity contribution in [2.45, 2.75) is 26.0 Å². The third kappa shape index (κ3) is 8.19. The van der Waals surface area contributed by atoms with E-state index in [9.17, 15) is 14.4 Å². The average Bonchev–Trinajstić information content (AvgIpc) is 2.69. The molecule has 1 aromatic rings. The number of amides is 1. The van der Waals surface area contributed by atoms with Gasteiger partial charge >= 0.3 is 11.9 Å². The monoisotopic (exact) mass is 377 g/mol. The van der Waals surface area contributed by atoms with Gasteiger partial charge in [0.15, 0.2) is 0 Å². The molecule has 1 aliphatic rings. The first-order valence-corrected chi connectivity index (χ1v) is 9.09. The van der Waals surface area contributed by atoms with Gasteiger partial charge in [0.1, 0.15) is 13.2 Å². The van der Waals surface area contributed by atoms with E-state index in [1.807, 2.05) is 30.3 Å². The van der Waals surface area contributed by atoms with Crippen LogP contribution in [0.25, 0.3) is 0 Å². The molecule has 2 rings (SSSR count). The molecule has 27 heavy (non-hydrogen) atoms. The first-order chi connectivity index (χ1) is 13.0. The van der Waals surface area contributed by atoms with E-state index >= 15 is 0 Å². The predicted molar refractivity (Wildman–Crippen MR) is 98.7 cm³/mol. The fourth-order valence-corrected chi connectivity index (χ4v) is 2.71. The maximum Gasteiger partial charge on any atom is 0.320 e. The van der Waals surface area contributed by atoms with Gasteiger partial charge in [-0.15, -0.1) is 0 Å². The van der Waals surface area contributed by atoms with Crippen molar-refractivity contribution in [3.63, 3.8) is 0 Å². The summed E-state index contributed by atoms with van der Waals surface area (Å²) in [6.45, 7) is 4.11. The molecule has 0 radical (unpaired) electrons. The normalized spacial score (nSPS) is 16.6. The molecule has 0 bridgehead atoms. The standard InChI is InChI=1S/C19H27N3O5/c1-15(23)26-14-17-12-22(10-9-21-17)18(24)7-8-20-11-19(25)27-13-16-5-3-2-4-6-16/h2-6,17,20-21H,7-14H2,1H3. The molecule has 1 atom stereocenters. The van der Waals surface area contributed by atoms with Crippen molar-refractivity contribution in [2.24, 2.45) is 0 Å². The molecule has 2 N–H and O–H groups in total. The summed E-state index contributed by atoms with van der Waals surface area (Å²) >= 11 is 0. The van der Waals surface area contributed by atoms with Gasteiger partial charge in [-0.2, -0.15) is 0 Å². The summed E-state index contributed by atoms with van der Waals surface area (Å²) in [5.74, 6) is -0.673. The number of rotatable bonds is 9. The number of carbonyl (C=O) groups is 3. The molecule has 1 fully saturated rings. The van der Waals surface area contributed by atoms with Crippen LogP contribution in [-0.2, 0) is 30.5 Å². The summed E-state index contributed by atoms with van der Waals surface area (Å²) in [5.41, 5.74) is 0.933. The fourth-order valence-electron chi connectivity index (χ4n) is 2.71. The van der Waals surface area contributed by atoms with Gasteiger partial charge in [0.05, 0.1) is 12.6 Å². The minimum absolute atomic E-state index is 0.00878. The number of piperazine rings is 1. The lowest BCUT2D eigenvalue weighted by molar-refractivity contribution is -0.144. The number of hydrogen-bond acceptors (Lipinski definition) is 7. The van der Waals surface area contributed by atoms with Crippen LogP contribution in [0.5, 0.6) is 0 Å². The Bertz CT molecular complexity index is 623. The average molecular weight is 377 g/mol. The van der Waals surface area contributed by atoms with Crippen LogP contribution in [0.4, 0.5) is 0 Å². The lowest BCUT2D eigenvalue weighted by atomic mass is 10.2. The summed E-state index contributed by atoms with van der Waals surface area (Å²) in [5, 5.41) is 6.16. The zero-order valence-electron chi connectivity index (χ0n) is 15.6. The third-order valence-corrected chi connectivity index (χ3v) is 4.12. The Kier molecular flexibility index (Phi) is 8.73. The summed E-state index contributed by atoms with van der Waals surface area (Å²) in [7, 11) is 0. The zero-order chi connectivity index (χ0) is 19.5. The van der Waals surface area contributed by atoms with Gasteiger partial charge in [-0.3, -0.25) is 14.4 Å². The quantitative estimate of drug-likeness (QED) is 0.464. The zero-order valence-corrected chi connectivity index (χ0v) is 15.6. The van der Waals surface area contributed by atoms with Crippen LogP contribution in [-0.4, -0.2) is 68.1 Å². The minimum Gasteiger partial charge on any atom is -0.464 e. The van der Waals surface area contributed by atoms with Crippen LogP contribution in [0.15, 0.2) is 30.3 Å². The second kappa shape index (κ2) is 11.3. The summed E-state index contributed by atoms with van der Waals surface area (Å²) in [6, 6.07) is 9.41. The Morgan fingerprint density at radius 2 is 2.00 bits per heavy atom. The number of nitrogens with one attached hydrogen (secondary N) is 2. The van der Waals surface area contributed by atoms with Crippen molar-refractivity contribution in [1.82, 2.24) is 15.5 Å². The lowest BCUT2D eigenvalue weighted by Crippen LogP contribution is -2.54. The van der Waals surface area contributed by atoms with Crippen molar-refractivity contribution in [3.8, 4) is 0 Å². The Morgan fingerprint density at radius 3 is 2.74 bits per heavy atom. The molecule has 0 aromatic heterocycles. The van der Waals surface area contributed by atoms with E-state index < -0.39 is 0 Å². The van der Waals surface area contributed by atoms with Crippen molar-refractivity contribution < 1.29 is 23.9 Å². The van der Waals surface area contributed by atoms with Gasteiger partial charge in [0.2, 0.25) is 5.91 Å². The van der Waals surface area contributed by atoms with E-state index in [2.05, 4.69) is 10.6 Å². The van der Waals surface area contributed by atoms with Crippen molar-refractivity contribution in [2.75, 3.05) is 39.3 Å². The molecular weight excluding hydrogens is 350 g/mol. The van der Waals surface area contributed by atoms with E-state index in [1.165, 1.54) is 6.92 Å². The van der Waals surface area contributed by atoms with E-state index in [0.29, 0.717) is 32.6 Å². The molecule has 0 spiro atoms. The van der Waals surface area contributed by atoms with Crippen LogP contribution in [0, 0.1) is 0 Å². The molecule has 148 valence electrons. The van der Waals surface area contributed by atoms with Crippen molar-refractivity contribution in [1.29, 1.82) is 0 Å². The molecule has 1 saturated heterocycles. The molecule has 0 saturated carbocycles. The van der Waals surface area contributed by atoms with Crippen LogP contribution in [0.2, 0.25) is 0 Å². The topological polar surface area (TPSA) is 97.0 Å². The molecule has 8 nitrogen and oxygen atoms in total. The molecule has 1 amide bonds. The van der Waals surface area contributed by atoms with Crippen LogP contribution >= 0.6 is 0 Å². The van der Waals surface area contributed by atoms with Gasteiger partial charge in [-0.05, 0) is 5.56 Å². The highest BCUT2D eigenvalue weighted by Gasteiger charge is 2.23. The maximum absolute atomic E-state index is 12.3. The number of carbonyl (C=O) groups excluding carboxylic acids is 3. The van der Waals surface area contributed by atoms with Gasteiger partial charge in [0.25, 0.3) is 0 Å². The highest BCUT2D eigenvalue weighted by Crippen LogP contribution is 2.03. The number of hydrogen-bond donors (Lipinski definition) is 2. The summed E-state index contributed by atoms with van der Waals surface area (Å²) < 4.78 is 10.2. The number of esters is 2. The largest absolute Gasteiger partial charge is 0.464 e. The smallest absolute Gasteiger partial charge is 0.320 e. The van der Waals surface area contributed by atoms with E-state index in [-0.39, 0.29) is 43.6 Å². The lowest BCUT2D eigenvalue weighted by Gasteiger charge is -2.33. The van der Waals surface area contributed by atoms with Crippen LogP contribution < -0.4 is 10.6 Å². The van der Waals surface area contributed by atoms with Gasteiger partial charge < -0.3 is 25.0 Å². The number of ether oxygens (including phenoxy) is 2. The van der Waals surface area contributed by atoms with Gasteiger partial charge in [0, 0.05) is 39.5 Å². The van der Waals surface area contributed by atoms with Crippen LogP contribution in [0.3, 0.4) is 0 Å². The molecule has 8 heteroatoms. The Balaban J connectivity index is 1.58. The van der Waals surface area contributed by atoms with Gasteiger partial charge in [-0.25, -0.2) is 0 Å². The predicted octanol–water partition coefficient (Wildman–Crippen LogP) is 0.0730. The summed E-state index contributed by atoms with van der Waals surface area (Å²) in [4.78, 5) is 36.6. The number of nitrogens with zero attached hydrogens (tertiary/aromatic N) is 1. The molecular formula is C19H27N3O5. The SMILES string of the molecule is CC(=O)OCC1CN(C(=O)CCNCC(=O)OCc2ccccc2)CCN1. The Hall–Kier alpha value is -2.45. The second-order valence-electron chi connectivity index (χ2n) is 6.37. The maximum atomic E-state index is 12.3. The third-order valence-electron chi connectivity index (χ3n) is 4.12. The first-order valence-electron chi connectivity index (χ1n) is 9.09.